The van der Waals surface area contributed by atoms with Gasteiger partial charge in [0.2, 0.25) is 17.6 Å². The van der Waals surface area contributed by atoms with Crippen LogP contribution >= 0.6 is 11.6 Å². The molecule has 0 radical (unpaired) electrons. The third kappa shape index (κ3) is 5.34. The molecule has 2 atom stereocenters. The first-order valence-electron chi connectivity index (χ1n) is 10.1. The zero-order valence-electron chi connectivity index (χ0n) is 17.2. The van der Waals surface area contributed by atoms with Crippen LogP contribution < -0.4 is 0 Å². The van der Waals surface area contributed by atoms with Crippen LogP contribution in [0.3, 0.4) is 0 Å². The van der Waals surface area contributed by atoms with Crippen molar-refractivity contribution in [2.24, 2.45) is 11.3 Å². The summed E-state index contributed by atoms with van der Waals surface area (Å²) in [4.78, 5) is 19.6. The van der Waals surface area contributed by atoms with Gasteiger partial charge in [0.15, 0.2) is 0 Å². The predicted molar refractivity (Wildman–Crippen MR) is 111 cm³/mol. The van der Waals surface area contributed by atoms with Crippen molar-refractivity contribution in [1.29, 1.82) is 0 Å². The lowest BCUT2D eigenvalue weighted by Gasteiger charge is -2.34. The molecule has 0 bridgehead atoms. The van der Waals surface area contributed by atoms with Gasteiger partial charge >= 0.3 is 0 Å². The third-order valence-electron chi connectivity index (χ3n) is 5.14. The summed E-state index contributed by atoms with van der Waals surface area (Å²) < 4.78 is 5.57. The zero-order valence-corrected chi connectivity index (χ0v) is 18.0. The fourth-order valence-corrected chi connectivity index (χ4v) is 4.23. The number of nitrogens with zero attached hydrogens (tertiary/aromatic N) is 3. The van der Waals surface area contributed by atoms with Crippen LogP contribution in [0.1, 0.15) is 71.7 Å². The molecule has 0 aliphatic carbocycles. The van der Waals surface area contributed by atoms with Gasteiger partial charge in [0.1, 0.15) is 6.04 Å². The van der Waals surface area contributed by atoms with Crippen LogP contribution in [-0.2, 0) is 4.79 Å². The van der Waals surface area contributed by atoms with Crippen LogP contribution in [0, 0.1) is 11.3 Å². The van der Waals surface area contributed by atoms with E-state index in [2.05, 4.69) is 37.8 Å². The SMILES string of the molecule is C[C@H](CC(=O)N1CCCC[C@@H]1c1nc(-c2ccc(Cl)cc2)no1)CC(C)(C)C. The first kappa shape index (κ1) is 20.8. The Balaban J connectivity index is 1.73. The van der Waals surface area contributed by atoms with E-state index in [4.69, 9.17) is 16.1 Å². The van der Waals surface area contributed by atoms with Crippen molar-refractivity contribution in [3.63, 3.8) is 0 Å². The molecule has 28 heavy (non-hydrogen) atoms. The second kappa shape index (κ2) is 8.64. The Morgan fingerprint density at radius 2 is 2.00 bits per heavy atom. The molecule has 152 valence electrons. The average Bonchev–Trinajstić information content (AvgIpc) is 3.10. The normalized spacial score (nSPS) is 18.9. The van der Waals surface area contributed by atoms with Crippen LogP contribution in [0.15, 0.2) is 28.8 Å². The molecule has 0 saturated carbocycles. The quantitative estimate of drug-likeness (QED) is 0.622. The molecule has 0 N–H and O–H groups in total. The highest BCUT2D eigenvalue weighted by atomic mass is 35.5. The van der Waals surface area contributed by atoms with Crippen molar-refractivity contribution in [2.75, 3.05) is 6.54 Å². The highest BCUT2D eigenvalue weighted by molar-refractivity contribution is 6.30. The van der Waals surface area contributed by atoms with Crippen LogP contribution in [0.5, 0.6) is 0 Å². The molecule has 5 nitrogen and oxygen atoms in total. The molecule has 1 amide bonds. The summed E-state index contributed by atoms with van der Waals surface area (Å²) in [5.41, 5.74) is 1.08. The predicted octanol–water partition coefficient (Wildman–Crippen LogP) is 5.91. The van der Waals surface area contributed by atoms with Crippen molar-refractivity contribution in [3.8, 4) is 11.4 Å². The number of halogens is 1. The van der Waals surface area contributed by atoms with Crippen LogP contribution in [0.2, 0.25) is 5.02 Å². The molecule has 1 saturated heterocycles. The lowest BCUT2D eigenvalue weighted by Crippen LogP contribution is -2.39. The highest BCUT2D eigenvalue weighted by Gasteiger charge is 2.33. The Morgan fingerprint density at radius 3 is 2.68 bits per heavy atom. The zero-order chi connectivity index (χ0) is 20.3. The first-order valence-corrected chi connectivity index (χ1v) is 10.5. The van der Waals surface area contributed by atoms with Gasteiger partial charge in [-0.1, -0.05) is 44.5 Å². The molecule has 2 aromatic rings. The van der Waals surface area contributed by atoms with Gasteiger partial charge in [0.05, 0.1) is 0 Å². The Kier molecular flexibility index (Phi) is 6.43. The maximum absolute atomic E-state index is 13.0. The topological polar surface area (TPSA) is 59.2 Å². The fraction of sp³-hybridized carbons (Fsp3) is 0.591. The Morgan fingerprint density at radius 1 is 1.29 bits per heavy atom. The number of carbonyl (C=O) groups is 1. The van der Waals surface area contributed by atoms with E-state index < -0.39 is 0 Å². The summed E-state index contributed by atoms with van der Waals surface area (Å²) >= 11 is 5.95. The largest absolute Gasteiger partial charge is 0.337 e. The smallest absolute Gasteiger partial charge is 0.249 e. The average molecular weight is 404 g/mol. The molecular formula is C22H30ClN3O2. The van der Waals surface area contributed by atoms with E-state index in [1.54, 1.807) is 12.1 Å². The number of likely N-dealkylation sites (tertiary alicyclic amines) is 1. The third-order valence-corrected chi connectivity index (χ3v) is 5.39. The van der Waals surface area contributed by atoms with Crippen LogP contribution in [-0.4, -0.2) is 27.5 Å². The van der Waals surface area contributed by atoms with E-state index >= 15 is 0 Å². The van der Waals surface area contributed by atoms with E-state index in [1.807, 2.05) is 17.0 Å². The lowest BCUT2D eigenvalue weighted by molar-refractivity contribution is -0.136. The summed E-state index contributed by atoms with van der Waals surface area (Å²) in [7, 11) is 0. The van der Waals surface area contributed by atoms with Gasteiger partial charge in [-0.3, -0.25) is 4.79 Å². The minimum Gasteiger partial charge on any atom is -0.337 e. The second-order valence-electron chi connectivity index (χ2n) is 9.14. The number of hydrogen-bond acceptors (Lipinski definition) is 4. The number of aromatic nitrogens is 2. The molecule has 1 aliphatic rings. The standard InChI is InChI=1S/C22H30ClN3O2/c1-15(14-22(2,3)4)13-19(27)26-12-6-5-7-18(26)21-24-20(25-28-21)16-8-10-17(23)11-9-16/h8-11,15,18H,5-7,12-14H2,1-4H3/t15-,18-/m1/s1. The summed E-state index contributed by atoms with van der Waals surface area (Å²) in [6.45, 7) is 9.56. The van der Waals surface area contributed by atoms with E-state index in [0.29, 0.717) is 29.1 Å². The van der Waals surface area contributed by atoms with Gasteiger partial charge in [-0.05, 0) is 61.3 Å². The number of amides is 1. The molecule has 3 rings (SSSR count). The molecule has 2 heterocycles. The Labute approximate surface area is 172 Å². The van der Waals surface area contributed by atoms with Crippen molar-refractivity contribution >= 4 is 17.5 Å². The second-order valence-corrected chi connectivity index (χ2v) is 9.57. The monoisotopic (exact) mass is 403 g/mol. The number of piperidine rings is 1. The van der Waals surface area contributed by atoms with E-state index in [9.17, 15) is 4.79 Å². The van der Waals surface area contributed by atoms with Gasteiger partial charge < -0.3 is 9.42 Å². The summed E-state index contributed by atoms with van der Waals surface area (Å²) in [6.07, 6.45) is 4.53. The number of rotatable bonds is 5. The van der Waals surface area contributed by atoms with Crippen molar-refractivity contribution in [3.05, 3.63) is 35.2 Å². The van der Waals surface area contributed by atoms with Crippen molar-refractivity contribution in [2.45, 2.75) is 65.8 Å². The van der Waals surface area contributed by atoms with Crippen LogP contribution in [0.25, 0.3) is 11.4 Å². The number of benzene rings is 1. The van der Waals surface area contributed by atoms with E-state index in [-0.39, 0.29) is 17.4 Å². The van der Waals surface area contributed by atoms with Gasteiger partial charge in [0.25, 0.3) is 0 Å². The Hall–Kier alpha value is -1.88. The molecule has 1 fully saturated rings. The molecule has 1 aliphatic heterocycles. The van der Waals surface area contributed by atoms with Crippen LogP contribution in [0.4, 0.5) is 0 Å². The molecule has 6 heteroatoms. The summed E-state index contributed by atoms with van der Waals surface area (Å²) in [5.74, 6) is 1.60. The van der Waals surface area contributed by atoms with E-state index in [0.717, 1.165) is 37.8 Å². The Bertz CT molecular complexity index is 795. The van der Waals surface area contributed by atoms with Gasteiger partial charge in [-0.2, -0.15) is 4.98 Å². The minimum absolute atomic E-state index is 0.128. The molecular weight excluding hydrogens is 374 g/mol. The van der Waals surface area contributed by atoms with Gasteiger partial charge in [-0.15, -0.1) is 0 Å². The minimum atomic E-state index is -0.128. The van der Waals surface area contributed by atoms with Crippen molar-refractivity contribution in [1.82, 2.24) is 15.0 Å². The fourth-order valence-electron chi connectivity index (χ4n) is 4.11. The molecule has 0 unspecified atom stereocenters. The number of carbonyl (C=O) groups excluding carboxylic acids is 1. The summed E-state index contributed by atoms with van der Waals surface area (Å²) in [5, 5.41) is 4.79. The van der Waals surface area contributed by atoms with E-state index in [1.165, 1.54) is 0 Å². The maximum Gasteiger partial charge on any atom is 0.249 e. The first-order chi connectivity index (χ1) is 13.2. The molecule has 1 aromatic heterocycles. The van der Waals surface area contributed by atoms with Crippen molar-refractivity contribution < 1.29 is 9.32 Å². The highest BCUT2D eigenvalue weighted by Crippen LogP contribution is 2.33. The van der Waals surface area contributed by atoms with Gasteiger partial charge in [-0.25, -0.2) is 0 Å². The van der Waals surface area contributed by atoms with Gasteiger partial charge in [0, 0.05) is 23.6 Å². The number of hydrogen-bond donors (Lipinski definition) is 0. The molecule has 1 aromatic carbocycles. The lowest BCUT2D eigenvalue weighted by atomic mass is 9.84. The molecule has 0 spiro atoms. The summed E-state index contributed by atoms with van der Waals surface area (Å²) in [6, 6.07) is 7.22. The maximum atomic E-state index is 13.0.